The highest BCUT2D eigenvalue weighted by molar-refractivity contribution is 6.04. The van der Waals surface area contributed by atoms with Crippen LogP contribution in [0.5, 0.6) is 0 Å². The van der Waals surface area contributed by atoms with Gasteiger partial charge in [-0.25, -0.2) is 10.3 Å². The summed E-state index contributed by atoms with van der Waals surface area (Å²) in [7, 11) is 0. The third-order valence-electron chi connectivity index (χ3n) is 2.46. The maximum absolute atomic E-state index is 11.3. The number of hydrogen-bond acceptors (Lipinski definition) is 3. The zero-order valence-corrected chi connectivity index (χ0v) is 9.94. The lowest BCUT2D eigenvalue weighted by Crippen LogP contribution is -2.22. The molecule has 0 heterocycles. The van der Waals surface area contributed by atoms with Crippen LogP contribution in [-0.4, -0.2) is 22.2 Å². The number of carboxylic acid groups (broad SMARTS) is 1. The van der Waals surface area contributed by atoms with E-state index in [0.29, 0.717) is 0 Å². The Hall–Kier alpha value is -1.88. The van der Waals surface area contributed by atoms with Crippen LogP contribution in [0.25, 0.3) is 0 Å². The number of hydrogen-bond donors (Lipinski definition) is 3. The molecule has 5 heteroatoms. The van der Waals surface area contributed by atoms with Gasteiger partial charge in [0.2, 0.25) is 0 Å². The molecule has 0 bridgehead atoms. The van der Waals surface area contributed by atoms with E-state index in [1.807, 2.05) is 20.8 Å². The van der Waals surface area contributed by atoms with Crippen molar-refractivity contribution < 1.29 is 19.9 Å². The second kappa shape index (κ2) is 4.55. The Bertz CT molecular complexity index is 460. The van der Waals surface area contributed by atoms with Crippen LogP contribution in [0.1, 0.15) is 47.1 Å². The van der Waals surface area contributed by atoms with E-state index in [-0.39, 0.29) is 16.5 Å². The van der Waals surface area contributed by atoms with E-state index >= 15 is 0 Å². The first-order valence-electron chi connectivity index (χ1n) is 5.09. The fraction of sp³-hybridized carbons (Fsp3) is 0.333. The molecule has 0 aliphatic heterocycles. The average molecular weight is 237 g/mol. The highest BCUT2D eigenvalue weighted by Crippen LogP contribution is 2.24. The predicted molar refractivity (Wildman–Crippen MR) is 61.4 cm³/mol. The van der Waals surface area contributed by atoms with Crippen molar-refractivity contribution in [2.75, 3.05) is 0 Å². The zero-order valence-electron chi connectivity index (χ0n) is 9.94. The number of benzene rings is 1. The summed E-state index contributed by atoms with van der Waals surface area (Å²) >= 11 is 0. The summed E-state index contributed by atoms with van der Waals surface area (Å²) < 4.78 is 0. The number of rotatable bonds is 2. The van der Waals surface area contributed by atoms with E-state index in [1.165, 1.54) is 17.6 Å². The summed E-state index contributed by atoms with van der Waals surface area (Å²) in [5.41, 5.74) is 1.85. The summed E-state index contributed by atoms with van der Waals surface area (Å²) in [5.74, 6) is -2.03. The normalized spacial score (nSPS) is 11.1. The van der Waals surface area contributed by atoms with Crippen molar-refractivity contribution in [3.05, 3.63) is 34.9 Å². The third kappa shape index (κ3) is 2.82. The molecule has 0 radical (unpaired) electrons. The van der Waals surface area contributed by atoms with Gasteiger partial charge in [-0.1, -0.05) is 26.8 Å². The minimum atomic E-state index is -1.20. The molecule has 1 amide bonds. The molecule has 0 atom stereocenters. The summed E-state index contributed by atoms with van der Waals surface area (Å²) in [6, 6.07) is 4.53. The molecule has 0 unspecified atom stereocenters. The van der Waals surface area contributed by atoms with E-state index in [9.17, 15) is 9.59 Å². The Morgan fingerprint density at radius 3 is 2.18 bits per heavy atom. The molecular formula is C12H15NO4. The SMILES string of the molecule is CC(C)(C)c1ccc(C(=O)NO)c(C(=O)O)c1. The maximum Gasteiger partial charge on any atom is 0.336 e. The molecule has 1 aromatic rings. The van der Waals surface area contributed by atoms with E-state index in [2.05, 4.69) is 0 Å². The van der Waals surface area contributed by atoms with Crippen molar-refractivity contribution in [2.45, 2.75) is 26.2 Å². The van der Waals surface area contributed by atoms with Crippen LogP contribution in [0.3, 0.4) is 0 Å². The number of nitrogens with one attached hydrogen (secondary N) is 1. The molecule has 17 heavy (non-hydrogen) atoms. The van der Waals surface area contributed by atoms with E-state index in [4.69, 9.17) is 10.3 Å². The van der Waals surface area contributed by atoms with Crippen LogP contribution in [0.15, 0.2) is 18.2 Å². The fourth-order valence-corrected chi connectivity index (χ4v) is 1.45. The summed E-state index contributed by atoms with van der Waals surface area (Å²) in [6.07, 6.45) is 0. The molecule has 0 aliphatic rings. The fourth-order valence-electron chi connectivity index (χ4n) is 1.45. The number of carbonyl (C=O) groups is 2. The highest BCUT2D eigenvalue weighted by Gasteiger charge is 2.21. The van der Waals surface area contributed by atoms with Crippen LogP contribution in [-0.2, 0) is 5.41 Å². The van der Waals surface area contributed by atoms with Crippen LogP contribution in [0.4, 0.5) is 0 Å². The first-order valence-corrected chi connectivity index (χ1v) is 5.09. The number of carboxylic acids is 1. The summed E-state index contributed by atoms with van der Waals surface area (Å²) in [5, 5.41) is 17.6. The van der Waals surface area contributed by atoms with Crippen molar-refractivity contribution in [2.24, 2.45) is 0 Å². The molecule has 0 aromatic heterocycles. The maximum atomic E-state index is 11.3. The molecule has 0 saturated heterocycles. The van der Waals surface area contributed by atoms with Gasteiger partial charge in [-0.2, -0.15) is 0 Å². The molecule has 1 aromatic carbocycles. The number of amides is 1. The van der Waals surface area contributed by atoms with Gasteiger partial charge in [0.05, 0.1) is 11.1 Å². The van der Waals surface area contributed by atoms with Crippen LogP contribution in [0.2, 0.25) is 0 Å². The Morgan fingerprint density at radius 2 is 1.76 bits per heavy atom. The van der Waals surface area contributed by atoms with Crippen molar-refractivity contribution in [3.8, 4) is 0 Å². The standard InChI is InChI=1S/C12H15NO4/c1-12(2,3)7-4-5-8(10(14)13-17)9(6-7)11(15)16/h4-6,17H,1-3H3,(H,13,14)(H,15,16). The Kier molecular flexibility index (Phi) is 3.53. The second-order valence-corrected chi connectivity index (χ2v) is 4.76. The number of aromatic carboxylic acids is 1. The summed E-state index contributed by atoms with van der Waals surface area (Å²) in [6.45, 7) is 5.83. The quantitative estimate of drug-likeness (QED) is 0.540. The molecule has 0 saturated carbocycles. The minimum Gasteiger partial charge on any atom is -0.478 e. The first-order chi connectivity index (χ1) is 7.77. The van der Waals surface area contributed by atoms with Gasteiger partial charge < -0.3 is 5.11 Å². The van der Waals surface area contributed by atoms with Crippen LogP contribution in [0, 0.1) is 0 Å². The van der Waals surface area contributed by atoms with Gasteiger partial charge in [0.25, 0.3) is 5.91 Å². The van der Waals surface area contributed by atoms with Crippen molar-refractivity contribution in [1.82, 2.24) is 5.48 Å². The van der Waals surface area contributed by atoms with Gasteiger partial charge in [0.1, 0.15) is 0 Å². The van der Waals surface area contributed by atoms with E-state index in [1.54, 1.807) is 6.07 Å². The zero-order chi connectivity index (χ0) is 13.2. The highest BCUT2D eigenvalue weighted by atomic mass is 16.5. The topological polar surface area (TPSA) is 86.6 Å². The Labute approximate surface area is 99.0 Å². The molecule has 3 N–H and O–H groups in total. The van der Waals surface area contributed by atoms with Gasteiger partial charge in [0.15, 0.2) is 0 Å². The summed E-state index contributed by atoms with van der Waals surface area (Å²) in [4.78, 5) is 22.3. The number of hydroxylamine groups is 1. The molecule has 0 aliphatic carbocycles. The monoisotopic (exact) mass is 237 g/mol. The van der Waals surface area contributed by atoms with Crippen molar-refractivity contribution in [3.63, 3.8) is 0 Å². The smallest absolute Gasteiger partial charge is 0.336 e. The Morgan fingerprint density at radius 1 is 1.18 bits per heavy atom. The van der Waals surface area contributed by atoms with Gasteiger partial charge in [-0.05, 0) is 23.1 Å². The lowest BCUT2D eigenvalue weighted by Gasteiger charge is -2.20. The molecule has 0 spiro atoms. The van der Waals surface area contributed by atoms with Crippen molar-refractivity contribution >= 4 is 11.9 Å². The van der Waals surface area contributed by atoms with Gasteiger partial charge in [-0.3, -0.25) is 10.0 Å². The number of carbonyl (C=O) groups excluding carboxylic acids is 1. The Balaban J connectivity index is 3.37. The molecular weight excluding hydrogens is 222 g/mol. The van der Waals surface area contributed by atoms with Crippen LogP contribution < -0.4 is 5.48 Å². The first kappa shape index (κ1) is 13.2. The van der Waals surface area contributed by atoms with Crippen LogP contribution >= 0.6 is 0 Å². The lowest BCUT2D eigenvalue weighted by molar-refractivity contribution is 0.0662. The largest absolute Gasteiger partial charge is 0.478 e. The molecule has 0 fully saturated rings. The van der Waals surface area contributed by atoms with E-state index in [0.717, 1.165) is 5.56 Å². The lowest BCUT2D eigenvalue weighted by atomic mass is 9.85. The van der Waals surface area contributed by atoms with Crippen molar-refractivity contribution in [1.29, 1.82) is 0 Å². The molecule has 5 nitrogen and oxygen atoms in total. The van der Waals surface area contributed by atoms with Gasteiger partial charge >= 0.3 is 5.97 Å². The molecule has 92 valence electrons. The van der Waals surface area contributed by atoms with Gasteiger partial charge in [0, 0.05) is 0 Å². The average Bonchev–Trinajstić information content (AvgIpc) is 2.25. The van der Waals surface area contributed by atoms with E-state index < -0.39 is 11.9 Å². The second-order valence-electron chi connectivity index (χ2n) is 4.76. The third-order valence-corrected chi connectivity index (χ3v) is 2.46. The minimum absolute atomic E-state index is 0.0620. The predicted octanol–water partition coefficient (Wildman–Crippen LogP) is 1.80. The van der Waals surface area contributed by atoms with Gasteiger partial charge in [-0.15, -0.1) is 0 Å². The molecule has 1 rings (SSSR count).